The van der Waals surface area contributed by atoms with Gasteiger partial charge < -0.3 is 15.1 Å². The lowest BCUT2D eigenvalue weighted by atomic mass is 9.96. The van der Waals surface area contributed by atoms with Crippen LogP contribution in [0.25, 0.3) is 0 Å². The lowest BCUT2D eigenvalue weighted by Crippen LogP contribution is -2.49. The Morgan fingerprint density at radius 1 is 1.15 bits per heavy atom. The van der Waals surface area contributed by atoms with E-state index < -0.39 is 0 Å². The number of amides is 2. The van der Waals surface area contributed by atoms with Crippen LogP contribution in [0.1, 0.15) is 43.7 Å². The molecule has 2 amide bonds. The predicted octanol–water partition coefficient (Wildman–Crippen LogP) is 2.76. The molecule has 5 nitrogen and oxygen atoms in total. The molecule has 27 heavy (non-hydrogen) atoms. The van der Waals surface area contributed by atoms with Gasteiger partial charge in [0.2, 0.25) is 11.8 Å². The first-order valence-electron chi connectivity index (χ1n) is 9.93. The largest absolute Gasteiger partial charge is 0.341 e. The Hall–Kier alpha value is -1.59. The van der Waals surface area contributed by atoms with Crippen molar-refractivity contribution in [2.45, 2.75) is 52.1 Å². The summed E-state index contributed by atoms with van der Waals surface area (Å²) in [7, 11) is 0. The molecule has 3 rings (SSSR count). The van der Waals surface area contributed by atoms with Gasteiger partial charge in [-0.1, -0.05) is 36.8 Å². The highest BCUT2D eigenvalue weighted by molar-refractivity contribution is 5.91. The SMILES string of the molecule is CCNCC1CCN(C(=O)C2CCC(=O)N2Cc2ccc(C)cc2)CC1.Cl. The van der Waals surface area contributed by atoms with E-state index in [9.17, 15) is 9.59 Å². The van der Waals surface area contributed by atoms with E-state index in [1.54, 1.807) is 4.90 Å². The molecule has 1 N–H and O–H groups in total. The zero-order valence-electron chi connectivity index (χ0n) is 16.4. The highest BCUT2D eigenvalue weighted by Gasteiger charge is 2.38. The fourth-order valence-electron chi connectivity index (χ4n) is 4.00. The molecule has 150 valence electrons. The van der Waals surface area contributed by atoms with E-state index in [4.69, 9.17) is 0 Å². The lowest BCUT2D eigenvalue weighted by Gasteiger charge is -2.35. The van der Waals surface area contributed by atoms with Crippen LogP contribution in [-0.2, 0) is 16.1 Å². The molecule has 0 spiro atoms. The summed E-state index contributed by atoms with van der Waals surface area (Å²) >= 11 is 0. The number of piperidine rings is 1. The molecule has 0 saturated carbocycles. The van der Waals surface area contributed by atoms with Crippen LogP contribution in [-0.4, -0.2) is 53.8 Å². The maximum atomic E-state index is 13.0. The van der Waals surface area contributed by atoms with Crippen molar-refractivity contribution < 1.29 is 9.59 Å². The number of nitrogens with zero attached hydrogens (tertiary/aromatic N) is 2. The van der Waals surface area contributed by atoms with Crippen LogP contribution in [0, 0.1) is 12.8 Å². The van der Waals surface area contributed by atoms with E-state index in [-0.39, 0.29) is 30.3 Å². The van der Waals surface area contributed by atoms with Gasteiger partial charge in [0.1, 0.15) is 6.04 Å². The van der Waals surface area contributed by atoms with Crippen LogP contribution >= 0.6 is 12.4 Å². The van der Waals surface area contributed by atoms with Crippen molar-refractivity contribution in [3.05, 3.63) is 35.4 Å². The van der Waals surface area contributed by atoms with E-state index >= 15 is 0 Å². The number of likely N-dealkylation sites (tertiary alicyclic amines) is 2. The molecule has 0 aromatic heterocycles. The monoisotopic (exact) mass is 393 g/mol. The normalized spacial score (nSPS) is 20.7. The molecule has 0 radical (unpaired) electrons. The van der Waals surface area contributed by atoms with Crippen LogP contribution in [0.3, 0.4) is 0 Å². The molecule has 0 aliphatic carbocycles. The first-order chi connectivity index (χ1) is 12.6. The van der Waals surface area contributed by atoms with E-state index in [0.717, 1.165) is 44.6 Å². The van der Waals surface area contributed by atoms with Crippen molar-refractivity contribution in [2.75, 3.05) is 26.2 Å². The number of aryl methyl sites for hydroxylation is 1. The van der Waals surface area contributed by atoms with Crippen molar-refractivity contribution in [3.63, 3.8) is 0 Å². The maximum absolute atomic E-state index is 13.0. The number of benzene rings is 1. The van der Waals surface area contributed by atoms with Gasteiger partial charge in [-0.3, -0.25) is 9.59 Å². The number of halogens is 1. The number of carbonyl (C=O) groups is 2. The molecule has 1 aromatic carbocycles. The molecule has 0 bridgehead atoms. The van der Waals surface area contributed by atoms with E-state index in [1.807, 2.05) is 4.90 Å². The summed E-state index contributed by atoms with van der Waals surface area (Å²) in [5.74, 6) is 0.906. The van der Waals surface area contributed by atoms with Gasteiger partial charge in [0.05, 0.1) is 0 Å². The van der Waals surface area contributed by atoms with Crippen LogP contribution in [0.15, 0.2) is 24.3 Å². The number of rotatable bonds is 6. The Morgan fingerprint density at radius 2 is 1.81 bits per heavy atom. The fourth-order valence-corrected chi connectivity index (χ4v) is 4.00. The van der Waals surface area contributed by atoms with Gasteiger partial charge in [0, 0.05) is 26.1 Å². The standard InChI is InChI=1S/C21H31N3O2.ClH/c1-3-22-14-17-10-12-23(13-11-17)21(26)19-8-9-20(25)24(19)15-18-6-4-16(2)5-7-18;/h4-7,17,19,22H,3,8-15H2,1-2H3;1H. The molecule has 2 aliphatic heterocycles. The minimum atomic E-state index is -0.283. The van der Waals surface area contributed by atoms with Crippen LogP contribution in [0.2, 0.25) is 0 Å². The summed E-state index contributed by atoms with van der Waals surface area (Å²) in [6.07, 6.45) is 3.24. The van der Waals surface area contributed by atoms with Gasteiger partial charge in [-0.05, 0) is 50.8 Å². The van der Waals surface area contributed by atoms with Crippen molar-refractivity contribution in [3.8, 4) is 0 Å². The molecule has 2 saturated heterocycles. The summed E-state index contributed by atoms with van der Waals surface area (Å²) in [5, 5.41) is 3.40. The highest BCUT2D eigenvalue weighted by atomic mass is 35.5. The molecule has 1 aromatic rings. The Kier molecular flexibility index (Phi) is 8.11. The number of hydrogen-bond acceptors (Lipinski definition) is 3. The zero-order chi connectivity index (χ0) is 18.5. The Morgan fingerprint density at radius 3 is 2.44 bits per heavy atom. The smallest absolute Gasteiger partial charge is 0.245 e. The summed E-state index contributed by atoms with van der Waals surface area (Å²) in [4.78, 5) is 29.2. The topological polar surface area (TPSA) is 52.7 Å². The van der Waals surface area contributed by atoms with Gasteiger partial charge in [-0.2, -0.15) is 0 Å². The third kappa shape index (κ3) is 5.45. The van der Waals surface area contributed by atoms with E-state index in [0.29, 0.717) is 25.3 Å². The summed E-state index contributed by atoms with van der Waals surface area (Å²) in [6, 6.07) is 7.93. The van der Waals surface area contributed by atoms with Crippen molar-refractivity contribution >= 4 is 24.2 Å². The van der Waals surface area contributed by atoms with Crippen molar-refractivity contribution in [2.24, 2.45) is 5.92 Å². The van der Waals surface area contributed by atoms with Crippen LogP contribution < -0.4 is 5.32 Å². The summed E-state index contributed by atoms with van der Waals surface area (Å²) in [5.41, 5.74) is 2.29. The van der Waals surface area contributed by atoms with Gasteiger partial charge >= 0.3 is 0 Å². The minimum absolute atomic E-state index is 0. The Balaban J connectivity index is 0.00000261. The average Bonchev–Trinajstić information content (AvgIpc) is 3.02. The third-order valence-corrected chi connectivity index (χ3v) is 5.70. The van der Waals surface area contributed by atoms with E-state index in [2.05, 4.69) is 43.4 Å². The molecule has 1 atom stereocenters. The summed E-state index contributed by atoms with van der Waals surface area (Å²) < 4.78 is 0. The van der Waals surface area contributed by atoms with Gasteiger partial charge in [-0.15, -0.1) is 12.4 Å². The van der Waals surface area contributed by atoms with Gasteiger partial charge in [0.15, 0.2) is 0 Å². The molecule has 2 fully saturated rings. The molecule has 1 unspecified atom stereocenters. The maximum Gasteiger partial charge on any atom is 0.245 e. The molecule has 6 heteroatoms. The fraction of sp³-hybridized carbons (Fsp3) is 0.619. The Bertz CT molecular complexity index is 627. The second-order valence-corrected chi connectivity index (χ2v) is 7.64. The quantitative estimate of drug-likeness (QED) is 0.808. The third-order valence-electron chi connectivity index (χ3n) is 5.70. The second-order valence-electron chi connectivity index (χ2n) is 7.64. The van der Waals surface area contributed by atoms with Crippen LogP contribution in [0.5, 0.6) is 0 Å². The molecule has 2 heterocycles. The number of nitrogens with one attached hydrogen (secondary N) is 1. The van der Waals surface area contributed by atoms with Crippen molar-refractivity contribution in [1.29, 1.82) is 0 Å². The second kappa shape index (κ2) is 10.1. The van der Waals surface area contributed by atoms with Crippen LogP contribution in [0.4, 0.5) is 0 Å². The summed E-state index contributed by atoms with van der Waals surface area (Å²) in [6.45, 7) is 8.38. The predicted molar refractivity (Wildman–Crippen MR) is 110 cm³/mol. The molecular formula is C21H32ClN3O2. The number of carbonyl (C=O) groups excluding carboxylic acids is 2. The highest BCUT2D eigenvalue weighted by Crippen LogP contribution is 2.25. The first-order valence-corrected chi connectivity index (χ1v) is 9.93. The van der Waals surface area contributed by atoms with Gasteiger partial charge in [0.25, 0.3) is 0 Å². The zero-order valence-corrected chi connectivity index (χ0v) is 17.3. The average molecular weight is 394 g/mol. The Labute approximate surface area is 168 Å². The first kappa shape index (κ1) is 21.7. The van der Waals surface area contributed by atoms with Crippen molar-refractivity contribution in [1.82, 2.24) is 15.1 Å². The minimum Gasteiger partial charge on any atom is -0.341 e. The van der Waals surface area contributed by atoms with Gasteiger partial charge in [-0.25, -0.2) is 0 Å². The molecular weight excluding hydrogens is 362 g/mol. The van der Waals surface area contributed by atoms with E-state index in [1.165, 1.54) is 5.56 Å². The number of hydrogen-bond donors (Lipinski definition) is 1. The lowest BCUT2D eigenvalue weighted by molar-refractivity contribution is -0.142. The molecule has 2 aliphatic rings.